The number of amides is 1. The molecule has 1 aliphatic carbocycles. The largest absolute Gasteiger partial charge is 0.346 e. The van der Waals surface area contributed by atoms with Crippen molar-refractivity contribution in [1.82, 2.24) is 20.1 Å². The van der Waals surface area contributed by atoms with Gasteiger partial charge in [-0.2, -0.15) is 5.10 Å². The lowest BCUT2D eigenvalue weighted by molar-refractivity contribution is 0.0950. The molecule has 0 atom stereocenters. The first kappa shape index (κ1) is 17.7. The Morgan fingerprint density at radius 2 is 2.00 bits per heavy atom. The maximum absolute atomic E-state index is 12.4. The van der Waals surface area contributed by atoms with E-state index in [1.807, 2.05) is 24.3 Å². The van der Waals surface area contributed by atoms with Crippen molar-refractivity contribution < 1.29 is 4.79 Å². The molecule has 2 heterocycles. The molecule has 4 rings (SSSR count). The molecule has 1 N–H and O–H groups in total. The molecule has 0 radical (unpaired) electrons. The zero-order valence-electron chi connectivity index (χ0n) is 14.9. The summed E-state index contributed by atoms with van der Waals surface area (Å²) in [5.74, 6) is -0.160. The summed E-state index contributed by atoms with van der Waals surface area (Å²) >= 11 is 5.97. The predicted octanol–water partition coefficient (Wildman–Crippen LogP) is 4.64. The van der Waals surface area contributed by atoms with Gasteiger partial charge in [-0.3, -0.25) is 14.5 Å². The van der Waals surface area contributed by atoms with E-state index in [1.165, 1.54) is 12.8 Å². The highest BCUT2D eigenvalue weighted by Gasteiger charge is 2.22. The number of benzene rings is 1. The van der Waals surface area contributed by atoms with E-state index in [0.717, 1.165) is 29.9 Å². The van der Waals surface area contributed by atoms with Gasteiger partial charge in [0.15, 0.2) is 0 Å². The molecule has 1 aromatic carbocycles. The normalized spacial score (nSPS) is 14.4. The molecule has 3 aromatic rings. The van der Waals surface area contributed by atoms with Crippen molar-refractivity contribution in [2.45, 2.75) is 38.3 Å². The van der Waals surface area contributed by atoms with E-state index < -0.39 is 0 Å². The van der Waals surface area contributed by atoms with Crippen molar-refractivity contribution in [3.05, 3.63) is 71.0 Å². The quantitative estimate of drug-likeness (QED) is 0.701. The highest BCUT2D eigenvalue weighted by Crippen LogP contribution is 2.33. The first-order chi connectivity index (χ1) is 13.2. The molecule has 27 heavy (non-hydrogen) atoms. The van der Waals surface area contributed by atoms with Crippen molar-refractivity contribution in [2.75, 3.05) is 0 Å². The standard InChI is InChI=1S/C21H21ClN4O/c22-16-7-5-6-15(12-16)21(27)24-14-17-13-20(19-10-3-4-11-23-19)26(25-17)18-8-1-2-9-18/h3-7,10-13,18H,1-2,8-9,14H2,(H,24,27). The van der Waals surface area contributed by atoms with Gasteiger partial charge < -0.3 is 5.32 Å². The van der Waals surface area contributed by atoms with Crippen LogP contribution < -0.4 is 5.32 Å². The van der Waals surface area contributed by atoms with Crippen LogP contribution >= 0.6 is 11.6 Å². The van der Waals surface area contributed by atoms with E-state index in [2.05, 4.69) is 15.0 Å². The van der Waals surface area contributed by atoms with Crippen LogP contribution in [-0.4, -0.2) is 20.7 Å². The van der Waals surface area contributed by atoms with Crippen molar-refractivity contribution in [3.8, 4) is 11.4 Å². The van der Waals surface area contributed by atoms with Crippen LogP contribution in [0, 0.1) is 0 Å². The Labute approximate surface area is 163 Å². The van der Waals surface area contributed by atoms with Crippen LogP contribution in [0.25, 0.3) is 11.4 Å². The number of nitrogens with one attached hydrogen (secondary N) is 1. The Balaban J connectivity index is 1.55. The third-order valence-electron chi connectivity index (χ3n) is 4.90. The van der Waals surface area contributed by atoms with Gasteiger partial charge in [0, 0.05) is 16.8 Å². The average molecular weight is 381 g/mol. The molecule has 1 aliphatic rings. The Morgan fingerprint density at radius 1 is 1.15 bits per heavy atom. The molecule has 1 saturated carbocycles. The van der Waals surface area contributed by atoms with Crippen molar-refractivity contribution in [1.29, 1.82) is 0 Å². The van der Waals surface area contributed by atoms with Gasteiger partial charge >= 0.3 is 0 Å². The zero-order valence-corrected chi connectivity index (χ0v) is 15.7. The van der Waals surface area contributed by atoms with Gasteiger partial charge in [-0.05, 0) is 49.2 Å². The number of halogens is 1. The van der Waals surface area contributed by atoms with Crippen LogP contribution in [-0.2, 0) is 6.54 Å². The van der Waals surface area contributed by atoms with E-state index in [1.54, 1.807) is 30.5 Å². The lowest BCUT2D eigenvalue weighted by atomic mass is 10.2. The SMILES string of the molecule is O=C(NCc1cc(-c2ccccn2)n(C2CCCC2)n1)c1cccc(Cl)c1. The van der Waals surface area contributed by atoms with Crippen molar-refractivity contribution >= 4 is 17.5 Å². The molecule has 0 unspecified atom stereocenters. The number of aromatic nitrogens is 3. The average Bonchev–Trinajstić information content (AvgIpc) is 3.36. The van der Waals surface area contributed by atoms with E-state index in [0.29, 0.717) is 23.2 Å². The zero-order chi connectivity index (χ0) is 18.6. The number of carbonyl (C=O) groups is 1. The molecule has 2 aromatic heterocycles. The fourth-order valence-corrected chi connectivity index (χ4v) is 3.76. The molecule has 1 amide bonds. The molecule has 1 fully saturated rings. The highest BCUT2D eigenvalue weighted by molar-refractivity contribution is 6.30. The van der Waals surface area contributed by atoms with Crippen LogP contribution in [0.2, 0.25) is 5.02 Å². The maximum atomic E-state index is 12.4. The van der Waals surface area contributed by atoms with Crippen LogP contribution in [0.5, 0.6) is 0 Å². The third-order valence-corrected chi connectivity index (χ3v) is 5.14. The summed E-state index contributed by atoms with van der Waals surface area (Å²) in [7, 11) is 0. The van der Waals surface area contributed by atoms with Crippen molar-refractivity contribution in [2.24, 2.45) is 0 Å². The van der Waals surface area contributed by atoms with Gasteiger partial charge in [0.05, 0.1) is 29.7 Å². The minimum atomic E-state index is -0.160. The first-order valence-corrected chi connectivity index (χ1v) is 9.62. The number of hydrogen-bond acceptors (Lipinski definition) is 3. The number of carbonyl (C=O) groups excluding carboxylic acids is 1. The third kappa shape index (κ3) is 4.03. The topological polar surface area (TPSA) is 59.8 Å². The second kappa shape index (κ2) is 7.92. The number of pyridine rings is 1. The minimum Gasteiger partial charge on any atom is -0.346 e. The van der Waals surface area contributed by atoms with E-state index in [-0.39, 0.29) is 5.91 Å². The highest BCUT2D eigenvalue weighted by atomic mass is 35.5. The molecule has 0 bridgehead atoms. The van der Waals surface area contributed by atoms with Gasteiger partial charge in [-0.1, -0.05) is 36.6 Å². The summed E-state index contributed by atoms with van der Waals surface area (Å²) in [6.45, 7) is 0.366. The lowest BCUT2D eigenvalue weighted by Crippen LogP contribution is -2.23. The van der Waals surface area contributed by atoms with Crippen molar-refractivity contribution in [3.63, 3.8) is 0 Å². The van der Waals surface area contributed by atoms with E-state index >= 15 is 0 Å². The van der Waals surface area contributed by atoms with E-state index in [4.69, 9.17) is 16.7 Å². The molecule has 6 heteroatoms. The predicted molar refractivity (Wildman–Crippen MR) is 106 cm³/mol. The lowest BCUT2D eigenvalue weighted by Gasteiger charge is -2.13. The van der Waals surface area contributed by atoms with Crippen LogP contribution in [0.3, 0.4) is 0 Å². The van der Waals surface area contributed by atoms with Crippen LogP contribution in [0.15, 0.2) is 54.7 Å². The molecule has 0 aliphatic heterocycles. The van der Waals surface area contributed by atoms with E-state index in [9.17, 15) is 4.79 Å². The Morgan fingerprint density at radius 3 is 2.74 bits per heavy atom. The summed E-state index contributed by atoms with van der Waals surface area (Å²) in [4.78, 5) is 16.9. The molecular weight excluding hydrogens is 360 g/mol. The Bertz CT molecular complexity index is 932. The van der Waals surface area contributed by atoms with Gasteiger partial charge in [-0.25, -0.2) is 0 Å². The summed E-state index contributed by atoms with van der Waals surface area (Å²) in [6, 6.07) is 15.2. The summed E-state index contributed by atoms with van der Waals surface area (Å²) in [6.07, 6.45) is 6.52. The molecular formula is C21H21ClN4O. The second-order valence-corrected chi connectivity index (χ2v) is 7.25. The van der Waals surface area contributed by atoms with Crippen LogP contribution in [0.1, 0.15) is 47.8 Å². The maximum Gasteiger partial charge on any atom is 0.251 e. The Hall–Kier alpha value is -2.66. The number of nitrogens with zero attached hydrogens (tertiary/aromatic N) is 3. The van der Waals surface area contributed by atoms with Gasteiger partial charge in [0.2, 0.25) is 0 Å². The molecule has 0 saturated heterocycles. The smallest absolute Gasteiger partial charge is 0.251 e. The fraction of sp³-hybridized carbons (Fsp3) is 0.286. The van der Waals surface area contributed by atoms with Crippen LogP contribution in [0.4, 0.5) is 0 Å². The summed E-state index contributed by atoms with van der Waals surface area (Å²) in [5.41, 5.74) is 3.29. The van der Waals surface area contributed by atoms with Gasteiger partial charge in [0.25, 0.3) is 5.91 Å². The monoisotopic (exact) mass is 380 g/mol. The van der Waals surface area contributed by atoms with Gasteiger partial charge in [-0.15, -0.1) is 0 Å². The number of rotatable bonds is 5. The molecule has 5 nitrogen and oxygen atoms in total. The second-order valence-electron chi connectivity index (χ2n) is 6.81. The van der Waals surface area contributed by atoms with Gasteiger partial charge in [0.1, 0.15) is 0 Å². The first-order valence-electron chi connectivity index (χ1n) is 9.24. The minimum absolute atomic E-state index is 0.160. The summed E-state index contributed by atoms with van der Waals surface area (Å²) in [5, 5.41) is 8.27. The Kier molecular flexibility index (Phi) is 5.21. The fourth-order valence-electron chi connectivity index (χ4n) is 3.57. The molecule has 0 spiro atoms. The summed E-state index contributed by atoms with van der Waals surface area (Å²) < 4.78 is 2.09. The molecule has 138 valence electrons. The number of hydrogen-bond donors (Lipinski definition) is 1.